The number of carbonyl (C=O) groups excluding carboxylic acids is 1. The molecule has 1 aliphatic rings. The number of rotatable bonds is 5. The zero-order valence-corrected chi connectivity index (χ0v) is 13.4. The van der Waals surface area contributed by atoms with Crippen molar-refractivity contribution in [2.75, 3.05) is 39.3 Å². The maximum Gasteiger partial charge on any atom is 0.255 e. The highest BCUT2D eigenvalue weighted by Crippen LogP contribution is 2.22. The molecule has 1 aliphatic heterocycles. The molecule has 1 fully saturated rings. The molecule has 1 saturated heterocycles. The molecule has 0 saturated carbocycles. The summed E-state index contributed by atoms with van der Waals surface area (Å²) < 4.78 is 0. The first kappa shape index (κ1) is 16.6. The zero-order chi connectivity index (χ0) is 15.2. The number of hydrogen-bond acceptors (Lipinski definition) is 3. The third-order valence-electron chi connectivity index (χ3n) is 3.70. The first-order chi connectivity index (χ1) is 10.1. The van der Waals surface area contributed by atoms with Gasteiger partial charge < -0.3 is 10.0 Å². The number of nitrogens with zero attached hydrogens (tertiary/aromatic N) is 2. The van der Waals surface area contributed by atoms with Crippen LogP contribution in [0.5, 0.6) is 0 Å². The summed E-state index contributed by atoms with van der Waals surface area (Å²) >= 11 is 11.9. The first-order valence-corrected chi connectivity index (χ1v) is 7.95. The van der Waals surface area contributed by atoms with Gasteiger partial charge in [-0.1, -0.05) is 23.2 Å². The van der Waals surface area contributed by atoms with E-state index in [1.54, 1.807) is 18.2 Å². The zero-order valence-electron chi connectivity index (χ0n) is 11.9. The number of aliphatic hydroxyl groups excluding tert-OH is 1. The monoisotopic (exact) mass is 330 g/mol. The number of piperazine rings is 1. The van der Waals surface area contributed by atoms with Gasteiger partial charge in [0, 0.05) is 37.8 Å². The number of benzene rings is 1. The predicted octanol–water partition coefficient (Wildman–Crippen LogP) is 2.52. The van der Waals surface area contributed by atoms with E-state index >= 15 is 0 Å². The third kappa shape index (κ3) is 4.58. The van der Waals surface area contributed by atoms with Gasteiger partial charge >= 0.3 is 0 Å². The molecule has 1 aromatic carbocycles. The van der Waals surface area contributed by atoms with Crippen LogP contribution in [0.15, 0.2) is 18.2 Å². The lowest BCUT2D eigenvalue weighted by molar-refractivity contribution is 0.0634. The van der Waals surface area contributed by atoms with E-state index in [9.17, 15) is 4.79 Å². The topological polar surface area (TPSA) is 43.8 Å². The van der Waals surface area contributed by atoms with Gasteiger partial charge in [0.1, 0.15) is 0 Å². The molecule has 6 heteroatoms. The van der Waals surface area contributed by atoms with Crippen molar-refractivity contribution in [3.05, 3.63) is 33.8 Å². The fraction of sp³-hybridized carbons (Fsp3) is 0.533. The number of hydrogen-bond donors (Lipinski definition) is 1. The first-order valence-electron chi connectivity index (χ1n) is 7.19. The van der Waals surface area contributed by atoms with Crippen LogP contribution >= 0.6 is 23.2 Å². The Kier molecular flexibility index (Phi) is 6.30. The fourth-order valence-corrected chi connectivity index (χ4v) is 2.94. The van der Waals surface area contributed by atoms with Gasteiger partial charge in [-0.25, -0.2) is 0 Å². The minimum Gasteiger partial charge on any atom is -0.396 e. The highest BCUT2D eigenvalue weighted by molar-refractivity contribution is 6.36. The highest BCUT2D eigenvalue weighted by atomic mass is 35.5. The molecule has 0 aromatic heterocycles. The fourth-order valence-electron chi connectivity index (χ4n) is 2.46. The smallest absolute Gasteiger partial charge is 0.255 e. The van der Waals surface area contributed by atoms with Crippen LogP contribution in [0.1, 0.15) is 23.2 Å². The van der Waals surface area contributed by atoms with Crippen LogP contribution < -0.4 is 0 Å². The van der Waals surface area contributed by atoms with Gasteiger partial charge in [0.2, 0.25) is 0 Å². The van der Waals surface area contributed by atoms with Gasteiger partial charge in [-0.3, -0.25) is 9.69 Å². The Bertz CT molecular complexity index is 489. The molecule has 1 aromatic rings. The molecule has 1 heterocycles. The second-order valence-electron chi connectivity index (χ2n) is 5.19. The lowest BCUT2D eigenvalue weighted by Gasteiger charge is -2.34. The van der Waals surface area contributed by atoms with Crippen LogP contribution in [0, 0.1) is 0 Å². The quantitative estimate of drug-likeness (QED) is 0.843. The molecule has 0 bridgehead atoms. The van der Waals surface area contributed by atoms with Crippen LogP contribution in [0.25, 0.3) is 0 Å². The molecule has 2 rings (SSSR count). The summed E-state index contributed by atoms with van der Waals surface area (Å²) in [6, 6.07) is 4.97. The Morgan fingerprint density at radius 3 is 2.48 bits per heavy atom. The maximum absolute atomic E-state index is 12.4. The van der Waals surface area contributed by atoms with E-state index in [1.165, 1.54) is 0 Å². The maximum atomic E-state index is 12.4. The molecule has 0 atom stereocenters. The normalized spacial score (nSPS) is 16.2. The van der Waals surface area contributed by atoms with Crippen LogP contribution in [0.3, 0.4) is 0 Å². The van der Waals surface area contributed by atoms with Crippen molar-refractivity contribution in [1.29, 1.82) is 0 Å². The highest BCUT2D eigenvalue weighted by Gasteiger charge is 2.23. The average molecular weight is 331 g/mol. The van der Waals surface area contributed by atoms with E-state index in [-0.39, 0.29) is 12.5 Å². The second-order valence-corrected chi connectivity index (χ2v) is 6.03. The molecule has 0 radical (unpaired) electrons. The molecule has 116 valence electrons. The molecule has 0 spiro atoms. The molecule has 4 nitrogen and oxygen atoms in total. The molecule has 0 aliphatic carbocycles. The van der Waals surface area contributed by atoms with Crippen molar-refractivity contribution in [2.45, 2.75) is 12.8 Å². The Balaban J connectivity index is 1.88. The molecule has 1 N–H and O–H groups in total. The van der Waals surface area contributed by atoms with E-state index < -0.39 is 0 Å². The van der Waals surface area contributed by atoms with Crippen molar-refractivity contribution in [3.8, 4) is 0 Å². The minimum atomic E-state index is -0.0355. The molecular weight excluding hydrogens is 311 g/mol. The van der Waals surface area contributed by atoms with Gasteiger partial charge in [-0.05, 0) is 37.6 Å². The number of unbranched alkanes of at least 4 members (excludes halogenated alkanes) is 1. The number of halogens is 2. The Labute approximate surface area is 135 Å². The minimum absolute atomic E-state index is 0.0355. The molecule has 1 amide bonds. The van der Waals surface area contributed by atoms with Crippen molar-refractivity contribution in [2.24, 2.45) is 0 Å². The number of carbonyl (C=O) groups is 1. The Morgan fingerprint density at radius 2 is 1.86 bits per heavy atom. The SMILES string of the molecule is O=C(c1ccc(Cl)cc1Cl)N1CCN(CCCCO)CC1. The molecular formula is C15H20Cl2N2O2. The molecule has 0 unspecified atom stereocenters. The van der Waals surface area contributed by atoms with Gasteiger partial charge in [0.05, 0.1) is 10.6 Å². The average Bonchev–Trinajstić information content (AvgIpc) is 2.48. The summed E-state index contributed by atoms with van der Waals surface area (Å²) in [4.78, 5) is 16.6. The lowest BCUT2D eigenvalue weighted by Crippen LogP contribution is -2.48. The van der Waals surface area contributed by atoms with Gasteiger partial charge in [-0.15, -0.1) is 0 Å². The Morgan fingerprint density at radius 1 is 1.14 bits per heavy atom. The summed E-state index contributed by atoms with van der Waals surface area (Å²) in [7, 11) is 0. The second kappa shape index (κ2) is 7.99. The summed E-state index contributed by atoms with van der Waals surface area (Å²) in [5.41, 5.74) is 0.509. The summed E-state index contributed by atoms with van der Waals surface area (Å²) in [6.07, 6.45) is 1.83. The van der Waals surface area contributed by atoms with E-state index in [0.717, 1.165) is 32.5 Å². The van der Waals surface area contributed by atoms with E-state index in [0.29, 0.717) is 28.7 Å². The largest absolute Gasteiger partial charge is 0.396 e. The van der Waals surface area contributed by atoms with Crippen LogP contribution in [0.2, 0.25) is 10.0 Å². The standard InChI is InChI=1S/C15H20Cl2N2O2/c16-12-3-4-13(14(17)11-12)15(21)19-8-6-18(7-9-19)5-1-2-10-20/h3-4,11,20H,1-2,5-10H2. The molecule has 21 heavy (non-hydrogen) atoms. The predicted molar refractivity (Wildman–Crippen MR) is 85.1 cm³/mol. The van der Waals surface area contributed by atoms with E-state index in [1.807, 2.05) is 4.90 Å². The summed E-state index contributed by atoms with van der Waals surface area (Å²) in [6.45, 7) is 4.36. The van der Waals surface area contributed by atoms with E-state index in [4.69, 9.17) is 28.3 Å². The van der Waals surface area contributed by atoms with Gasteiger partial charge in [0.25, 0.3) is 5.91 Å². The van der Waals surface area contributed by atoms with Crippen molar-refractivity contribution < 1.29 is 9.90 Å². The van der Waals surface area contributed by atoms with Gasteiger partial charge in [0.15, 0.2) is 0 Å². The number of aliphatic hydroxyl groups is 1. The lowest BCUT2D eigenvalue weighted by atomic mass is 10.1. The van der Waals surface area contributed by atoms with E-state index in [2.05, 4.69) is 4.90 Å². The van der Waals surface area contributed by atoms with Crippen LogP contribution in [-0.4, -0.2) is 60.1 Å². The summed E-state index contributed by atoms with van der Waals surface area (Å²) in [5.74, 6) is -0.0355. The van der Waals surface area contributed by atoms with Crippen molar-refractivity contribution in [3.63, 3.8) is 0 Å². The van der Waals surface area contributed by atoms with Crippen LogP contribution in [-0.2, 0) is 0 Å². The Hall–Kier alpha value is -0.810. The van der Waals surface area contributed by atoms with Crippen LogP contribution in [0.4, 0.5) is 0 Å². The van der Waals surface area contributed by atoms with Crippen molar-refractivity contribution in [1.82, 2.24) is 9.80 Å². The number of amides is 1. The van der Waals surface area contributed by atoms with Gasteiger partial charge in [-0.2, -0.15) is 0 Å². The third-order valence-corrected chi connectivity index (χ3v) is 4.25. The van der Waals surface area contributed by atoms with Crippen molar-refractivity contribution >= 4 is 29.1 Å². The summed E-state index contributed by atoms with van der Waals surface area (Å²) in [5, 5.41) is 9.72.